The van der Waals surface area contributed by atoms with Crippen LogP contribution in [0.4, 0.5) is 11.4 Å². The van der Waals surface area contributed by atoms with Crippen molar-refractivity contribution in [1.29, 1.82) is 0 Å². The van der Waals surface area contributed by atoms with E-state index in [9.17, 15) is 0 Å². The molecular formula is C16H14Cl2N2S. The van der Waals surface area contributed by atoms with Crippen LogP contribution in [0.5, 0.6) is 0 Å². The average Bonchev–Trinajstić information content (AvgIpc) is 2.79. The van der Waals surface area contributed by atoms with Crippen molar-refractivity contribution < 1.29 is 0 Å². The number of halogens is 2. The molecule has 0 amide bonds. The van der Waals surface area contributed by atoms with Crippen LogP contribution in [0.25, 0.3) is 0 Å². The molecule has 5 heteroatoms. The number of hydrogen-bond donors (Lipinski definition) is 1. The second-order valence-corrected chi connectivity index (χ2v) is 6.26. The van der Waals surface area contributed by atoms with Gasteiger partial charge in [-0.1, -0.05) is 47.5 Å². The second-order valence-electron chi connectivity index (χ2n) is 5.08. The summed E-state index contributed by atoms with van der Waals surface area (Å²) in [4.78, 5) is 2.13. The zero-order valence-corrected chi connectivity index (χ0v) is 13.8. The van der Waals surface area contributed by atoms with Crippen molar-refractivity contribution in [2.45, 2.75) is 19.4 Å². The maximum absolute atomic E-state index is 6.21. The first-order chi connectivity index (χ1) is 10.1. The summed E-state index contributed by atoms with van der Waals surface area (Å²) in [5.41, 5.74) is 3.19. The van der Waals surface area contributed by atoms with E-state index in [1.807, 2.05) is 18.2 Å². The normalized spacial score (nSPS) is 16.7. The summed E-state index contributed by atoms with van der Waals surface area (Å²) in [6.45, 7) is 2.16. The van der Waals surface area contributed by atoms with Crippen LogP contribution in [0.2, 0.25) is 10.0 Å². The fourth-order valence-electron chi connectivity index (χ4n) is 2.65. The molecule has 0 aliphatic carbocycles. The third-order valence-corrected chi connectivity index (χ3v) is 4.74. The third-order valence-electron chi connectivity index (χ3n) is 3.62. The van der Waals surface area contributed by atoms with E-state index in [2.05, 4.69) is 35.3 Å². The number of fused-ring (bicyclic) bond motifs is 1. The van der Waals surface area contributed by atoms with Gasteiger partial charge >= 0.3 is 0 Å². The highest BCUT2D eigenvalue weighted by Crippen LogP contribution is 2.34. The van der Waals surface area contributed by atoms with Gasteiger partial charge in [-0.15, -0.1) is 0 Å². The molecular weight excluding hydrogens is 323 g/mol. The number of nitrogens with zero attached hydrogens (tertiary/aromatic N) is 1. The van der Waals surface area contributed by atoms with Gasteiger partial charge in [-0.3, -0.25) is 0 Å². The highest BCUT2D eigenvalue weighted by molar-refractivity contribution is 7.80. The van der Waals surface area contributed by atoms with Crippen molar-refractivity contribution in [3.63, 3.8) is 0 Å². The lowest BCUT2D eigenvalue weighted by Crippen LogP contribution is -2.38. The van der Waals surface area contributed by atoms with Gasteiger partial charge in [-0.05, 0) is 49.3 Å². The Morgan fingerprint density at radius 3 is 2.76 bits per heavy atom. The summed E-state index contributed by atoms with van der Waals surface area (Å²) in [6.07, 6.45) is 0.987. The minimum atomic E-state index is 0.320. The molecule has 0 radical (unpaired) electrons. The molecule has 2 nitrogen and oxygen atoms in total. The molecule has 1 unspecified atom stereocenters. The van der Waals surface area contributed by atoms with E-state index in [-0.39, 0.29) is 0 Å². The molecule has 1 N–H and O–H groups in total. The van der Waals surface area contributed by atoms with E-state index >= 15 is 0 Å². The summed E-state index contributed by atoms with van der Waals surface area (Å²) < 4.78 is 0. The van der Waals surface area contributed by atoms with E-state index < -0.39 is 0 Å². The quantitative estimate of drug-likeness (QED) is 0.725. The summed E-state index contributed by atoms with van der Waals surface area (Å²) in [5.74, 6) is 0. The molecule has 0 bridgehead atoms. The van der Waals surface area contributed by atoms with E-state index in [1.54, 1.807) is 6.07 Å². The first-order valence-corrected chi connectivity index (χ1v) is 7.86. The number of rotatable bonds is 1. The van der Waals surface area contributed by atoms with Gasteiger partial charge in [0.2, 0.25) is 0 Å². The van der Waals surface area contributed by atoms with Crippen molar-refractivity contribution in [1.82, 2.24) is 0 Å². The maximum Gasteiger partial charge on any atom is 0.178 e. The SMILES string of the molecule is CC1Cc2ccccc2N1C(=S)Nc1cccc(Cl)c1Cl. The summed E-state index contributed by atoms with van der Waals surface area (Å²) in [6, 6.07) is 14.1. The molecule has 1 aliphatic heterocycles. The Bertz CT molecular complexity index is 702. The molecule has 0 saturated carbocycles. The van der Waals surface area contributed by atoms with Crippen LogP contribution in [0, 0.1) is 0 Å². The van der Waals surface area contributed by atoms with E-state index in [0.29, 0.717) is 21.2 Å². The fraction of sp³-hybridized carbons (Fsp3) is 0.188. The first-order valence-electron chi connectivity index (χ1n) is 6.70. The number of nitrogens with one attached hydrogen (secondary N) is 1. The molecule has 2 aromatic carbocycles. The zero-order chi connectivity index (χ0) is 15.0. The topological polar surface area (TPSA) is 15.3 Å². The van der Waals surface area contributed by atoms with Crippen molar-refractivity contribution in [2.24, 2.45) is 0 Å². The summed E-state index contributed by atoms with van der Waals surface area (Å²) >= 11 is 17.8. The molecule has 0 saturated heterocycles. The van der Waals surface area contributed by atoms with E-state index in [1.165, 1.54) is 5.56 Å². The lowest BCUT2D eigenvalue weighted by atomic mass is 10.1. The third kappa shape index (κ3) is 2.73. The predicted molar refractivity (Wildman–Crippen MR) is 94.8 cm³/mol. The van der Waals surface area contributed by atoms with E-state index in [4.69, 9.17) is 35.4 Å². The monoisotopic (exact) mass is 336 g/mol. The van der Waals surface area contributed by atoms with Crippen molar-refractivity contribution in [3.05, 3.63) is 58.1 Å². The zero-order valence-electron chi connectivity index (χ0n) is 11.4. The first kappa shape index (κ1) is 14.6. The van der Waals surface area contributed by atoms with Gasteiger partial charge in [0.05, 0.1) is 15.7 Å². The smallest absolute Gasteiger partial charge is 0.178 e. The fourth-order valence-corrected chi connectivity index (χ4v) is 3.39. The van der Waals surface area contributed by atoms with Crippen molar-refractivity contribution in [2.75, 3.05) is 10.2 Å². The lowest BCUT2D eigenvalue weighted by Gasteiger charge is -2.26. The van der Waals surface area contributed by atoms with Crippen LogP contribution in [-0.2, 0) is 6.42 Å². The molecule has 1 aliphatic rings. The minimum absolute atomic E-state index is 0.320. The lowest BCUT2D eigenvalue weighted by molar-refractivity contribution is 0.776. The van der Waals surface area contributed by atoms with Crippen LogP contribution in [0.3, 0.4) is 0 Å². The number of anilines is 2. The summed E-state index contributed by atoms with van der Waals surface area (Å²) in [5, 5.41) is 4.84. The van der Waals surface area contributed by atoms with E-state index in [0.717, 1.165) is 17.8 Å². The molecule has 108 valence electrons. The van der Waals surface area contributed by atoms with Crippen molar-refractivity contribution >= 4 is 51.9 Å². The Balaban J connectivity index is 1.88. The second kappa shape index (κ2) is 5.84. The standard InChI is InChI=1S/C16H14Cl2N2S/c1-10-9-11-5-2-3-8-14(11)20(10)16(21)19-13-7-4-6-12(17)15(13)18/h2-8,10H,9H2,1H3,(H,19,21). The van der Waals surface area contributed by atoms with Gasteiger partial charge in [0.15, 0.2) is 5.11 Å². The molecule has 0 aromatic heterocycles. The molecule has 0 spiro atoms. The Hall–Kier alpha value is -1.29. The molecule has 1 heterocycles. The van der Waals surface area contributed by atoms with Crippen LogP contribution in [0.1, 0.15) is 12.5 Å². The Kier molecular flexibility index (Phi) is 4.07. The van der Waals surface area contributed by atoms with Gasteiger partial charge in [0.1, 0.15) is 0 Å². The van der Waals surface area contributed by atoms with Gasteiger partial charge in [-0.2, -0.15) is 0 Å². The number of thiocarbonyl (C=S) groups is 1. The van der Waals surface area contributed by atoms with Gasteiger partial charge in [0, 0.05) is 11.7 Å². The summed E-state index contributed by atoms with van der Waals surface area (Å²) in [7, 11) is 0. The molecule has 21 heavy (non-hydrogen) atoms. The van der Waals surface area contributed by atoms with Gasteiger partial charge in [-0.25, -0.2) is 0 Å². The Morgan fingerprint density at radius 2 is 1.95 bits per heavy atom. The van der Waals surface area contributed by atoms with Crippen LogP contribution in [-0.4, -0.2) is 11.2 Å². The number of benzene rings is 2. The van der Waals surface area contributed by atoms with Crippen LogP contribution in [0.15, 0.2) is 42.5 Å². The van der Waals surface area contributed by atoms with Crippen LogP contribution >= 0.6 is 35.4 Å². The molecule has 2 aromatic rings. The largest absolute Gasteiger partial charge is 0.331 e. The molecule has 3 rings (SSSR count). The van der Waals surface area contributed by atoms with Gasteiger partial charge < -0.3 is 10.2 Å². The minimum Gasteiger partial charge on any atom is -0.331 e. The van der Waals surface area contributed by atoms with Gasteiger partial charge in [0.25, 0.3) is 0 Å². The highest BCUT2D eigenvalue weighted by Gasteiger charge is 2.28. The Labute approximate surface area is 139 Å². The molecule has 1 atom stereocenters. The molecule has 0 fully saturated rings. The average molecular weight is 337 g/mol. The maximum atomic E-state index is 6.21. The number of para-hydroxylation sites is 1. The van der Waals surface area contributed by atoms with Crippen molar-refractivity contribution in [3.8, 4) is 0 Å². The predicted octanol–water partition coefficient (Wildman–Crippen LogP) is 5.14. The highest BCUT2D eigenvalue weighted by atomic mass is 35.5. The number of hydrogen-bond acceptors (Lipinski definition) is 1. The van der Waals surface area contributed by atoms with Crippen LogP contribution < -0.4 is 10.2 Å². The Morgan fingerprint density at radius 1 is 1.19 bits per heavy atom.